The number of fused-ring (bicyclic) bond motifs is 1. The Labute approximate surface area is 149 Å². The maximum Gasteiger partial charge on any atom is 0.284 e. The van der Waals surface area contributed by atoms with Crippen LogP contribution >= 0.6 is 11.8 Å². The van der Waals surface area contributed by atoms with Crippen molar-refractivity contribution in [3.05, 3.63) is 47.7 Å². The van der Waals surface area contributed by atoms with Gasteiger partial charge in [-0.25, -0.2) is 0 Å². The molecule has 7 heteroatoms. The maximum atomic E-state index is 12.4. The standard InChI is InChI=1S/C18H17N3O3S/c1-11(25-18-21-20-17(24-18)15-6-3-9-23-15)16(22)19-14-8-7-12-4-2-5-13(12)10-14/h3,6-11H,2,4-5H2,1H3,(H,19,22)/t11-/m1/s1. The smallest absolute Gasteiger partial charge is 0.284 e. The highest BCUT2D eigenvalue weighted by molar-refractivity contribution is 8.00. The zero-order valence-corrected chi connectivity index (χ0v) is 14.5. The lowest BCUT2D eigenvalue weighted by Gasteiger charge is -2.11. The molecule has 1 amide bonds. The fourth-order valence-corrected chi connectivity index (χ4v) is 3.54. The molecule has 4 rings (SSSR count). The minimum absolute atomic E-state index is 0.0966. The largest absolute Gasteiger partial charge is 0.459 e. The Kier molecular flexibility index (Phi) is 4.31. The average molecular weight is 355 g/mol. The Hall–Kier alpha value is -2.54. The molecule has 0 aliphatic heterocycles. The highest BCUT2D eigenvalue weighted by Gasteiger charge is 2.20. The Morgan fingerprint density at radius 1 is 1.24 bits per heavy atom. The van der Waals surface area contributed by atoms with Gasteiger partial charge in [0.1, 0.15) is 0 Å². The number of aromatic nitrogens is 2. The minimum atomic E-state index is -0.363. The molecule has 25 heavy (non-hydrogen) atoms. The molecule has 1 atom stereocenters. The van der Waals surface area contributed by atoms with Crippen LogP contribution in [0, 0.1) is 0 Å². The molecule has 1 N–H and O–H groups in total. The van der Waals surface area contributed by atoms with E-state index in [1.807, 2.05) is 13.0 Å². The second kappa shape index (κ2) is 6.76. The minimum Gasteiger partial charge on any atom is -0.459 e. The van der Waals surface area contributed by atoms with Gasteiger partial charge in [0.15, 0.2) is 5.76 Å². The third kappa shape index (κ3) is 3.46. The number of thioether (sulfide) groups is 1. The second-order valence-corrected chi connectivity index (χ2v) is 7.23. The molecule has 0 spiro atoms. The molecule has 1 aliphatic rings. The number of rotatable bonds is 5. The first-order valence-corrected chi connectivity index (χ1v) is 9.04. The molecule has 0 unspecified atom stereocenters. The van der Waals surface area contributed by atoms with Crippen molar-refractivity contribution in [2.24, 2.45) is 0 Å². The molecule has 2 aromatic heterocycles. The number of nitrogens with zero attached hydrogens (tertiary/aromatic N) is 2. The van der Waals surface area contributed by atoms with E-state index in [2.05, 4.69) is 27.6 Å². The number of anilines is 1. The molecule has 0 saturated carbocycles. The van der Waals surface area contributed by atoms with Crippen molar-refractivity contribution in [3.8, 4) is 11.7 Å². The summed E-state index contributed by atoms with van der Waals surface area (Å²) < 4.78 is 10.7. The lowest BCUT2D eigenvalue weighted by atomic mass is 10.1. The first kappa shape index (κ1) is 16.0. The van der Waals surface area contributed by atoms with Crippen LogP contribution < -0.4 is 5.32 Å². The van der Waals surface area contributed by atoms with Crippen molar-refractivity contribution in [2.75, 3.05) is 5.32 Å². The zero-order valence-electron chi connectivity index (χ0n) is 13.7. The number of aryl methyl sites for hydroxylation is 2. The van der Waals surface area contributed by atoms with Crippen molar-refractivity contribution < 1.29 is 13.6 Å². The van der Waals surface area contributed by atoms with Crippen LogP contribution in [0.4, 0.5) is 5.69 Å². The van der Waals surface area contributed by atoms with E-state index in [0.29, 0.717) is 16.9 Å². The first-order valence-electron chi connectivity index (χ1n) is 8.16. The zero-order chi connectivity index (χ0) is 17.2. The number of carbonyl (C=O) groups is 1. The van der Waals surface area contributed by atoms with E-state index >= 15 is 0 Å². The third-order valence-corrected chi connectivity index (χ3v) is 5.09. The van der Waals surface area contributed by atoms with Gasteiger partial charge in [-0.3, -0.25) is 4.79 Å². The summed E-state index contributed by atoms with van der Waals surface area (Å²) >= 11 is 1.22. The molecule has 1 aromatic carbocycles. The van der Waals surface area contributed by atoms with E-state index in [1.54, 1.807) is 18.4 Å². The van der Waals surface area contributed by atoms with Gasteiger partial charge in [-0.05, 0) is 61.6 Å². The number of hydrogen-bond donors (Lipinski definition) is 1. The Balaban J connectivity index is 1.39. The quantitative estimate of drug-likeness (QED) is 0.698. The van der Waals surface area contributed by atoms with Crippen LogP contribution in [0.5, 0.6) is 0 Å². The summed E-state index contributed by atoms with van der Waals surface area (Å²) in [6.07, 6.45) is 4.94. The van der Waals surface area contributed by atoms with Crippen LogP contribution in [0.3, 0.4) is 0 Å². The molecule has 0 bridgehead atoms. The van der Waals surface area contributed by atoms with E-state index in [0.717, 1.165) is 18.5 Å². The molecule has 6 nitrogen and oxygen atoms in total. The van der Waals surface area contributed by atoms with Gasteiger partial charge in [0.2, 0.25) is 5.91 Å². The Morgan fingerprint density at radius 2 is 2.12 bits per heavy atom. The van der Waals surface area contributed by atoms with E-state index in [9.17, 15) is 4.79 Å². The molecular weight excluding hydrogens is 338 g/mol. The summed E-state index contributed by atoms with van der Waals surface area (Å²) in [5.41, 5.74) is 3.55. The first-order chi connectivity index (χ1) is 12.2. The van der Waals surface area contributed by atoms with Crippen LogP contribution in [-0.4, -0.2) is 21.4 Å². The van der Waals surface area contributed by atoms with E-state index < -0.39 is 0 Å². The van der Waals surface area contributed by atoms with Crippen molar-refractivity contribution in [3.63, 3.8) is 0 Å². The summed E-state index contributed by atoms with van der Waals surface area (Å²) in [5.74, 6) is 0.717. The van der Waals surface area contributed by atoms with Crippen molar-refractivity contribution in [1.82, 2.24) is 10.2 Å². The van der Waals surface area contributed by atoms with Crippen molar-refractivity contribution in [2.45, 2.75) is 36.7 Å². The van der Waals surface area contributed by atoms with Crippen LogP contribution in [0.15, 0.2) is 50.7 Å². The Bertz CT molecular complexity index is 889. The van der Waals surface area contributed by atoms with Crippen molar-refractivity contribution >= 4 is 23.4 Å². The number of hydrogen-bond acceptors (Lipinski definition) is 6. The number of benzene rings is 1. The molecule has 0 fully saturated rings. The molecule has 2 heterocycles. The molecule has 0 radical (unpaired) electrons. The van der Waals surface area contributed by atoms with Gasteiger partial charge in [-0.1, -0.05) is 17.8 Å². The van der Waals surface area contributed by atoms with Gasteiger partial charge in [-0.15, -0.1) is 10.2 Å². The Morgan fingerprint density at radius 3 is 2.96 bits per heavy atom. The van der Waals surface area contributed by atoms with Crippen LogP contribution in [0.25, 0.3) is 11.7 Å². The third-order valence-electron chi connectivity index (χ3n) is 4.15. The summed E-state index contributed by atoms with van der Waals surface area (Å²) in [7, 11) is 0. The molecule has 128 valence electrons. The lowest BCUT2D eigenvalue weighted by molar-refractivity contribution is -0.115. The number of nitrogens with one attached hydrogen (secondary N) is 1. The monoisotopic (exact) mass is 355 g/mol. The van der Waals surface area contributed by atoms with Gasteiger partial charge in [0.05, 0.1) is 11.5 Å². The molecular formula is C18H17N3O3S. The number of furan rings is 1. The fourth-order valence-electron chi connectivity index (χ4n) is 2.86. The van der Waals surface area contributed by atoms with Gasteiger partial charge in [0, 0.05) is 5.69 Å². The van der Waals surface area contributed by atoms with Gasteiger partial charge in [0.25, 0.3) is 11.1 Å². The molecule has 1 aliphatic carbocycles. The predicted molar refractivity (Wildman–Crippen MR) is 94.4 cm³/mol. The van der Waals surface area contributed by atoms with Gasteiger partial charge >= 0.3 is 0 Å². The maximum absolute atomic E-state index is 12.4. The van der Waals surface area contributed by atoms with Crippen molar-refractivity contribution in [1.29, 1.82) is 0 Å². The highest BCUT2D eigenvalue weighted by atomic mass is 32.2. The van der Waals surface area contributed by atoms with Crippen LogP contribution in [-0.2, 0) is 17.6 Å². The van der Waals surface area contributed by atoms with Gasteiger partial charge < -0.3 is 14.2 Å². The number of amides is 1. The normalized spacial score (nSPS) is 14.3. The average Bonchev–Trinajstić information content (AvgIpc) is 3.35. The van der Waals surface area contributed by atoms with Crippen LogP contribution in [0.1, 0.15) is 24.5 Å². The fraction of sp³-hybridized carbons (Fsp3) is 0.278. The van der Waals surface area contributed by atoms with E-state index in [1.165, 1.54) is 29.3 Å². The van der Waals surface area contributed by atoms with Crippen LogP contribution in [0.2, 0.25) is 0 Å². The summed E-state index contributed by atoms with van der Waals surface area (Å²) in [5, 5.41) is 10.8. The predicted octanol–water partition coefficient (Wildman–Crippen LogP) is 3.94. The summed E-state index contributed by atoms with van der Waals surface area (Å²) in [6, 6.07) is 9.62. The summed E-state index contributed by atoms with van der Waals surface area (Å²) in [6.45, 7) is 1.81. The highest BCUT2D eigenvalue weighted by Crippen LogP contribution is 2.28. The number of carbonyl (C=O) groups excluding carboxylic acids is 1. The van der Waals surface area contributed by atoms with E-state index in [4.69, 9.17) is 8.83 Å². The SMILES string of the molecule is C[C@@H](Sc1nnc(-c2ccco2)o1)C(=O)Nc1ccc2c(c1)CCC2. The summed E-state index contributed by atoms with van der Waals surface area (Å²) in [4.78, 5) is 12.4. The van der Waals surface area contributed by atoms with E-state index in [-0.39, 0.29) is 11.2 Å². The molecule has 0 saturated heterocycles. The topological polar surface area (TPSA) is 81.2 Å². The second-order valence-electron chi connectivity index (χ2n) is 5.94. The lowest BCUT2D eigenvalue weighted by Crippen LogP contribution is -2.22. The van der Waals surface area contributed by atoms with Gasteiger partial charge in [-0.2, -0.15) is 0 Å². The molecule has 3 aromatic rings.